The Morgan fingerprint density at radius 2 is 1.82 bits per heavy atom. The van der Waals surface area contributed by atoms with E-state index in [1.54, 1.807) is 18.2 Å². The Labute approximate surface area is 214 Å². The summed E-state index contributed by atoms with van der Waals surface area (Å²) in [4.78, 5) is 25.9. The van der Waals surface area contributed by atoms with Gasteiger partial charge in [-0.25, -0.2) is 14.2 Å². The molecule has 1 heterocycles. The molecule has 3 N–H and O–H groups in total. The smallest absolute Gasteiger partial charge is 0.416 e. The van der Waals surface area contributed by atoms with Gasteiger partial charge < -0.3 is 10.1 Å². The van der Waals surface area contributed by atoms with E-state index >= 15 is 4.39 Å². The molecule has 0 amide bonds. The first-order valence-corrected chi connectivity index (χ1v) is 11.2. The number of aromatic carboxylic acids is 1. The molecule has 0 unspecified atom stereocenters. The van der Waals surface area contributed by atoms with Crippen molar-refractivity contribution in [2.45, 2.75) is 12.7 Å². The quantitative estimate of drug-likeness (QED) is 0.143. The second-order valence-corrected chi connectivity index (χ2v) is 8.18. The monoisotopic (exact) mass is 523 g/mol. The van der Waals surface area contributed by atoms with Crippen LogP contribution in [0, 0.1) is 5.82 Å². The van der Waals surface area contributed by atoms with Crippen LogP contribution < -0.4 is 5.32 Å². The number of nitrogens with one attached hydrogen (secondary N) is 2. The first-order chi connectivity index (χ1) is 18.2. The second kappa shape index (κ2) is 11.2. The first kappa shape index (κ1) is 26.4. The molecule has 11 heteroatoms. The molecular formula is C27H21F4N5O2. The molecule has 4 aromatic rings. The normalized spacial score (nSPS) is 12.4. The molecule has 0 aliphatic heterocycles. The summed E-state index contributed by atoms with van der Waals surface area (Å²) in [6, 6.07) is 13.9. The molecule has 1 aromatic heterocycles. The molecule has 0 spiro atoms. The van der Waals surface area contributed by atoms with Crippen molar-refractivity contribution in [1.82, 2.24) is 15.3 Å². The number of aliphatic imine (C=N–C) groups is 2. The number of fused-ring (bicyclic) bond motifs is 1. The number of rotatable bonds is 9. The van der Waals surface area contributed by atoms with Crippen molar-refractivity contribution in [3.8, 4) is 11.4 Å². The highest BCUT2D eigenvalue weighted by Gasteiger charge is 2.30. The highest BCUT2D eigenvalue weighted by molar-refractivity contribution is 6.09. The summed E-state index contributed by atoms with van der Waals surface area (Å²) in [6.45, 7) is 4.12. The Hall–Kier alpha value is -4.64. The molecule has 0 fully saturated rings. The third-order valence-corrected chi connectivity index (χ3v) is 5.56. The summed E-state index contributed by atoms with van der Waals surface area (Å²) in [5.41, 5.74) is 1.72. The number of hydrogen-bond donors (Lipinski definition) is 3. The van der Waals surface area contributed by atoms with Gasteiger partial charge in [-0.1, -0.05) is 18.2 Å². The van der Waals surface area contributed by atoms with E-state index in [1.807, 2.05) is 0 Å². The highest BCUT2D eigenvalue weighted by Crippen LogP contribution is 2.32. The van der Waals surface area contributed by atoms with Crippen LogP contribution in [0.2, 0.25) is 0 Å². The maximum Gasteiger partial charge on any atom is 0.416 e. The topological polar surface area (TPSA) is 103 Å². The van der Waals surface area contributed by atoms with E-state index in [-0.39, 0.29) is 34.7 Å². The number of allylic oxidation sites excluding steroid dienone is 1. The lowest BCUT2D eigenvalue weighted by Crippen LogP contribution is -2.13. The molecule has 38 heavy (non-hydrogen) atoms. The molecule has 0 saturated carbocycles. The van der Waals surface area contributed by atoms with E-state index in [4.69, 9.17) is 5.11 Å². The average Bonchev–Trinajstić information content (AvgIpc) is 3.31. The van der Waals surface area contributed by atoms with Crippen LogP contribution in [0.5, 0.6) is 0 Å². The Morgan fingerprint density at radius 1 is 1.08 bits per heavy atom. The number of aromatic nitrogens is 2. The summed E-state index contributed by atoms with van der Waals surface area (Å²) < 4.78 is 54.0. The van der Waals surface area contributed by atoms with Gasteiger partial charge in [0.25, 0.3) is 0 Å². The number of benzene rings is 3. The molecule has 0 atom stereocenters. The first-order valence-electron chi connectivity index (χ1n) is 11.2. The zero-order valence-electron chi connectivity index (χ0n) is 19.8. The van der Waals surface area contributed by atoms with Gasteiger partial charge in [0.15, 0.2) is 0 Å². The van der Waals surface area contributed by atoms with Crippen LogP contribution in [0.15, 0.2) is 76.8 Å². The van der Waals surface area contributed by atoms with Crippen molar-refractivity contribution in [2.75, 3.05) is 6.67 Å². The van der Waals surface area contributed by atoms with Crippen molar-refractivity contribution < 1.29 is 27.5 Å². The minimum Gasteiger partial charge on any atom is -0.478 e. The molecule has 3 aromatic carbocycles. The summed E-state index contributed by atoms with van der Waals surface area (Å²) in [6.07, 6.45) is -1.58. The minimum absolute atomic E-state index is 0.0944. The maximum absolute atomic E-state index is 15.0. The summed E-state index contributed by atoms with van der Waals surface area (Å²) in [5, 5.41) is 12.0. The molecule has 0 aliphatic carbocycles. The number of hydrogen-bond acceptors (Lipinski definition) is 5. The number of halogens is 4. The fourth-order valence-corrected chi connectivity index (χ4v) is 3.65. The largest absolute Gasteiger partial charge is 0.478 e. The second-order valence-electron chi connectivity index (χ2n) is 8.18. The van der Waals surface area contributed by atoms with Gasteiger partial charge >= 0.3 is 12.1 Å². The van der Waals surface area contributed by atoms with Gasteiger partial charge in [-0.2, -0.15) is 13.2 Å². The lowest BCUT2D eigenvalue weighted by molar-refractivity contribution is -0.137. The number of alkyl halides is 3. The van der Waals surface area contributed by atoms with Gasteiger partial charge in [0.2, 0.25) is 0 Å². The molecule has 0 radical (unpaired) electrons. The van der Waals surface area contributed by atoms with E-state index in [0.29, 0.717) is 17.7 Å². The Bertz CT molecular complexity index is 1540. The van der Waals surface area contributed by atoms with Crippen LogP contribution in [0.25, 0.3) is 28.0 Å². The predicted octanol–water partition coefficient (Wildman–Crippen LogP) is 5.95. The number of nitrogens with zero attached hydrogens (tertiary/aromatic N) is 3. The maximum atomic E-state index is 15.0. The van der Waals surface area contributed by atoms with Crippen LogP contribution in [0.3, 0.4) is 0 Å². The fraction of sp³-hybridized carbons (Fsp3) is 0.111. The van der Waals surface area contributed by atoms with Crippen molar-refractivity contribution in [3.63, 3.8) is 0 Å². The van der Waals surface area contributed by atoms with Gasteiger partial charge in [-0.05, 0) is 60.3 Å². The van der Waals surface area contributed by atoms with Gasteiger partial charge in [-0.3, -0.25) is 15.3 Å². The summed E-state index contributed by atoms with van der Waals surface area (Å²) in [7, 11) is 0. The van der Waals surface area contributed by atoms with E-state index in [0.717, 1.165) is 17.7 Å². The van der Waals surface area contributed by atoms with Gasteiger partial charge in [-0.15, -0.1) is 0 Å². The summed E-state index contributed by atoms with van der Waals surface area (Å²) >= 11 is 0. The van der Waals surface area contributed by atoms with Crippen LogP contribution in [-0.2, 0) is 12.7 Å². The van der Waals surface area contributed by atoms with Gasteiger partial charge in [0.1, 0.15) is 11.6 Å². The van der Waals surface area contributed by atoms with Crippen LogP contribution in [-0.4, -0.2) is 40.6 Å². The number of H-pyrrole nitrogens is 1. The van der Waals surface area contributed by atoms with Crippen molar-refractivity contribution in [2.24, 2.45) is 9.98 Å². The standard InChI is InChI=1S/C27H21F4N5O2/c1-32-13-19(14-34-15-33-12-16-2-4-17(5-3-16)26(37)38)18-6-8-21(22(28)10-18)25-35-23-9-7-20(27(29,30)31)11-24(23)36-25/h2-11,13-14,33H,1,12,15H2,(H,35,36)(H,37,38)/b19-13+,34-14-. The van der Waals surface area contributed by atoms with Crippen LogP contribution in [0.1, 0.15) is 27.0 Å². The molecule has 7 nitrogen and oxygen atoms in total. The molecule has 4 rings (SSSR count). The van der Waals surface area contributed by atoms with E-state index < -0.39 is 23.5 Å². The van der Waals surface area contributed by atoms with E-state index in [2.05, 4.69) is 32.0 Å². The molecular weight excluding hydrogens is 502 g/mol. The minimum atomic E-state index is -4.50. The average molecular weight is 523 g/mol. The van der Waals surface area contributed by atoms with Crippen LogP contribution in [0.4, 0.5) is 17.6 Å². The van der Waals surface area contributed by atoms with Crippen molar-refractivity contribution in [1.29, 1.82) is 0 Å². The molecule has 0 bridgehead atoms. The number of aromatic amines is 1. The number of carboxylic acids is 1. The van der Waals surface area contributed by atoms with Crippen molar-refractivity contribution in [3.05, 3.63) is 94.9 Å². The Morgan fingerprint density at radius 3 is 2.47 bits per heavy atom. The van der Waals surface area contributed by atoms with Crippen LogP contribution >= 0.6 is 0 Å². The lowest BCUT2D eigenvalue weighted by Gasteiger charge is -2.06. The molecule has 0 aliphatic rings. The Balaban J connectivity index is 1.45. The fourth-order valence-electron chi connectivity index (χ4n) is 3.65. The number of imidazole rings is 1. The van der Waals surface area contributed by atoms with E-state index in [1.165, 1.54) is 42.7 Å². The van der Waals surface area contributed by atoms with E-state index in [9.17, 15) is 18.0 Å². The van der Waals surface area contributed by atoms with Crippen molar-refractivity contribution >= 4 is 35.5 Å². The lowest BCUT2D eigenvalue weighted by atomic mass is 10.0. The third-order valence-electron chi connectivity index (χ3n) is 5.56. The SMILES string of the molecule is C=N/C=C(\C=N/CNCc1ccc(C(=O)O)cc1)c1ccc(-c2nc3ccc(C(F)(F)F)cc3[nH]2)c(F)c1. The summed E-state index contributed by atoms with van der Waals surface area (Å²) in [5.74, 6) is -1.53. The molecule has 194 valence electrons. The highest BCUT2D eigenvalue weighted by atomic mass is 19.4. The zero-order valence-corrected chi connectivity index (χ0v) is 19.8. The predicted molar refractivity (Wildman–Crippen MR) is 138 cm³/mol. The third kappa shape index (κ3) is 6.19. The Kier molecular flexibility index (Phi) is 7.77. The zero-order chi connectivity index (χ0) is 27.3. The number of carboxylic acid groups (broad SMARTS) is 1. The van der Waals surface area contributed by atoms with Gasteiger partial charge in [0.05, 0.1) is 34.4 Å². The van der Waals surface area contributed by atoms with Gasteiger partial charge in [0, 0.05) is 24.5 Å². The molecule has 0 saturated heterocycles. The number of carbonyl (C=O) groups is 1.